The van der Waals surface area contributed by atoms with E-state index in [0.29, 0.717) is 61.5 Å². The fourth-order valence-electron chi connectivity index (χ4n) is 5.54. The number of aromatic amines is 2. The maximum atomic E-state index is 13.8. The predicted octanol–water partition coefficient (Wildman–Crippen LogP) is 4.32. The van der Waals surface area contributed by atoms with Crippen LogP contribution in [0, 0.1) is 0 Å². The standard InChI is InChI=1S/C29H19N3O4/c33-26-18-9-3-4-10-21(18)30-23-13-20-24(12-19(23)26)31-22-11-5-6-15(25(22)27(20)34)14-32-28(35)16-7-1-2-8-17(16)29(32)36/h1-5,7-13,15H,6,14H2,(H,30,33)(H,31,34). The van der Waals surface area contributed by atoms with Crippen LogP contribution < -0.4 is 10.9 Å². The Morgan fingerprint density at radius 1 is 0.722 bits per heavy atom. The van der Waals surface area contributed by atoms with Crippen LogP contribution >= 0.6 is 0 Å². The fraction of sp³-hybridized carbons (Fsp3) is 0.103. The van der Waals surface area contributed by atoms with E-state index in [2.05, 4.69) is 9.97 Å². The second-order valence-electron chi connectivity index (χ2n) is 9.33. The molecule has 0 fully saturated rings. The molecule has 0 saturated heterocycles. The molecule has 0 radical (unpaired) electrons. The smallest absolute Gasteiger partial charge is 0.261 e. The van der Waals surface area contributed by atoms with Crippen LogP contribution in [0.3, 0.4) is 0 Å². The lowest BCUT2D eigenvalue weighted by Gasteiger charge is -2.25. The summed E-state index contributed by atoms with van der Waals surface area (Å²) in [5, 5.41) is 1.54. The predicted molar refractivity (Wildman–Crippen MR) is 138 cm³/mol. The SMILES string of the molecule is O=C1c2ccccc2C(=O)N1CC1CC=Cc2[nH]c3cc4c(=O)c5ccccc5[nH]c4cc3c(=O)c21. The molecule has 7 nitrogen and oxygen atoms in total. The summed E-state index contributed by atoms with van der Waals surface area (Å²) in [6.45, 7) is 0.118. The van der Waals surface area contributed by atoms with Gasteiger partial charge in [-0.25, -0.2) is 0 Å². The van der Waals surface area contributed by atoms with Gasteiger partial charge < -0.3 is 9.97 Å². The number of hydrogen-bond donors (Lipinski definition) is 2. The van der Waals surface area contributed by atoms with E-state index in [4.69, 9.17) is 0 Å². The second-order valence-corrected chi connectivity index (χ2v) is 9.33. The maximum Gasteiger partial charge on any atom is 0.261 e. The van der Waals surface area contributed by atoms with E-state index in [1.807, 2.05) is 30.4 Å². The molecule has 174 valence electrons. The monoisotopic (exact) mass is 473 g/mol. The Balaban J connectivity index is 1.37. The van der Waals surface area contributed by atoms with E-state index in [1.165, 1.54) is 4.90 Å². The molecule has 1 unspecified atom stereocenters. The van der Waals surface area contributed by atoms with Crippen molar-refractivity contribution in [2.24, 2.45) is 0 Å². The van der Waals surface area contributed by atoms with Gasteiger partial charge in [-0.05, 0) is 48.9 Å². The summed E-state index contributed by atoms with van der Waals surface area (Å²) in [5.74, 6) is -1.01. The highest BCUT2D eigenvalue weighted by Crippen LogP contribution is 2.32. The zero-order valence-electron chi connectivity index (χ0n) is 19.0. The molecule has 1 aliphatic carbocycles. The van der Waals surface area contributed by atoms with E-state index in [-0.39, 0.29) is 35.1 Å². The molecule has 5 aromatic rings. The number of nitrogens with zero attached hydrogens (tertiary/aromatic N) is 1. The summed E-state index contributed by atoms with van der Waals surface area (Å²) in [4.78, 5) is 60.6. The number of amides is 2. The van der Waals surface area contributed by atoms with Crippen molar-refractivity contribution in [3.8, 4) is 0 Å². The number of imide groups is 1. The zero-order chi connectivity index (χ0) is 24.6. The van der Waals surface area contributed by atoms with Gasteiger partial charge in [0.05, 0.1) is 22.2 Å². The van der Waals surface area contributed by atoms with E-state index in [1.54, 1.807) is 42.5 Å². The van der Waals surface area contributed by atoms with E-state index >= 15 is 0 Å². The molecule has 1 aliphatic heterocycles. The third-order valence-corrected chi connectivity index (χ3v) is 7.29. The van der Waals surface area contributed by atoms with Gasteiger partial charge in [0, 0.05) is 45.4 Å². The number of H-pyrrole nitrogens is 2. The average Bonchev–Trinajstić information content (AvgIpc) is 3.13. The van der Waals surface area contributed by atoms with Crippen LogP contribution in [-0.4, -0.2) is 33.2 Å². The number of carbonyl (C=O) groups is 2. The van der Waals surface area contributed by atoms with Crippen molar-refractivity contribution < 1.29 is 9.59 Å². The summed E-state index contributed by atoms with van der Waals surface area (Å²) < 4.78 is 0. The Morgan fingerprint density at radius 2 is 1.36 bits per heavy atom. The van der Waals surface area contributed by atoms with Crippen molar-refractivity contribution in [1.29, 1.82) is 0 Å². The zero-order valence-corrected chi connectivity index (χ0v) is 19.0. The molecule has 2 aliphatic rings. The van der Waals surface area contributed by atoms with Gasteiger partial charge in [0.15, 0.2) is 10.9 Å². The van der Waals surface area contributed by atoms with Gasteiger partial charge in [-0.15, -0.1) is 0 Å². The Morgan fingerprint density at radius 3 is 2.11 bits per heavy atom. The van der Waals surface area contributed by atoms with Crippen LogP contribution in [0.2, 0.25) is 0 Å². The average molecular weight is 473 g/mol. The first-order valence-electron chi connectivity index (χ1n) is 11.8. The van der Waals surface area contributed by atoms with E-state index in [0.717, 1.165) is 0 Å². The quantitative estimate of drug-likeness (QED) is 0.294. The Bertz CT molecular complexity index is 1910. The van der Waals surface area contributed by atoms with Crippen LogP contribution in [0.4, 0.5) is 0 Å². The number of hydrogen-bond acceptors (Lipinski definition) is 4. The van der Waals surface area contributed by atoms with Gasteiger partial charge in [0.1, 0.15) is 0 Å². The molecule has 0 bridgehead atoms. The summed E-state index contributed by atoms with van der Waals surface area (Å²) >= 11 is 0. The topological polar surface area (TPSA) is 103 Å². The lowest BCUT2D eigenvalue weighted by Crippen LogP contribution is -2.36. The number of benzene rings is 3. The van der Waals surface area contributed by atoms with Gasteiger partial charge in [-0.3, -0.25) is 24.1 Å². The largest absolute Gasteiger partial charge is 0.355 e. The van der Waals surface area contributed by atoms with Crippen molar-refractivity contribution in [2.45, 2.75) is 12.3 Å². The van der Waals surface area contributed by atoms with Gasteiger partial charge in [0.2, 0.25) is 0 Å². The van der Waals surface area contributed by atoms with Crippen LogP contribution in [0.15, 0.2) is 76.3 Å². The number of pyridine rings is 2. The third-order valence-electron chi connectivity index (χ3n) is 7.29. The molecule has 2 N–H and O–H groups in total. The third kappa shape index (κ3) is 2.80. The van der Waals surface area contributed by atoms with Gasteiger partial charge in [-0.1, -0.05) is 30.3 Å². The lowest BCUT2D eigenvalue weighted by atomic mass is 9.87. The molecular weight excluding hydrogens is 454 g/mol. The molecule has 2 aromatic heterocycles. The molecule has 0 saturated carbocycles. The molecule has 0 spiro atoms. The van der Waals surface area contributed by atoms with Crippen molar-refractivity contribution in [1.82, 2.24) is 14.9 Å². The molecule has 7 heteroatoms. The first-order chi connectivity index (χ1) is 17.5. The van der Waals surface area contributed by atoms with Gasteiger partial charge in [0.25, 0.3) is 11.8 Å². The van der Waals surface area contributed by atoms with Gasteiger partial charge in [-0.2, -0.15) is 0 Å². The molecule has 3 heterocycles. The summed E-state index contributed by atoms with van der Waals surface area (Å²) in [6.07, 6.45) is 4.32. The number of para-hydroxylation sites is 1. The highest BCUT2D eigenvalue weighted by atomic mass is 16.2. The molecule has 2 amide bonds. The fourth-order valence-corrected chi connectivity index (χ4v) is 5.54. The molecule has 3 aromatic carbocycles. The van der Waals surface area contributed by atoms with Crippen molar-refractivity contribution in [3.05, 3.63) is 110 Å². The molecule has 7 rings (SSSR count). The van der Waals surface area contributed by atoms with Crippen LogP contribution in [0.5, 0.6) is 0 Å². The first kappa shape index (κ1) is 20.6. The minimum Gasteiger partial charge on any atom is -0.355 e. The highest BCUT2D eigenvalue weighted by molar-refractivity contribution is 6.21. The summed E-state index contributed by atoms with van der Waals surface area (Å²) in [6, 6.07) is 17.5. The maximum absolute atomic E-state index is 13.8. The van der Waals surface area contributed by atoms with Crippen LogP contribution in [0.1, 0.15) is 44.3 Å². The summed E-state index contributed by atoms with van der Waals surface area (Å²) in [5.41, 5.74) is 3.56. The number of nitrogens with one attached hydrogen (secondary N) is 2. The molecule has 1 atom stereocenters. The number of carbonyl (C=O) groups excluding carboxylic acids is 2. The lowest BCUT2D eigenvalue weighted by molar-refractivity contribution is 0.0644. The second kappa shape index (κ2) is 7.36. The Hall–Kier alpha value is -4.78. The summed E-state index contributed by atoms with van der Waals surface area (Å²) in [7, 11) is 0. The van der Waals surface area contributed by atoms with Crippen LogP contribution in [-0.2, 0) is 0 Å². The first-order valence-corrected chi connectivity index (χ1v) is 11.8. The minimum atomic E-state index is -0.341. The number of fused-ring (bicyclic) bond motifs is 5. The van der Waals surface area contributed by atoms with Crippen molar-refractivity contribution >= 4 is 50.6 Å². The van der Waals surface area contributed by atoms with E-state index in [9.17, 15) is 19.2 Å². The van der Waals surface area contributed by atoms with Crippen molar-refractivity contribution in [2.75, 3.05) is 6.54 Å². The van der Waals surface area contributed by atoms with E-state index < -0.39 is 0 Å². The molecule has 36 heavy (non-hydrogen) atoms. The van der Waals surface area contributed by atoms with Gasteiger partial charge >= 0.3 is 0 Å². The minimum absolute atomic E-state index is 0.0983. The normalized spacial score (nSPS) is 16.8. The number of aromatic nitrogens is 2. The number of rotatable bonds is 2. The Kier molecular flexibility index (Phi) is 4.21. The highest BCUT2D eigenvalue weighted by Gasteiger charge is 2.37. The Labute approximate surface area is 203 Å². The van der Waals surface area contributed by atoms with Crippen LogP contribution in [0.25, 0.3) is 38.8 Å². The number of allylic oxidation sites excluding steroid dienone is 1. The molecular formula is C29H19N3O4. The van der Waals surface area contributed by atoms with Crippen molar-refractivity contribution in [3.63, 3.8) is 0 Å².